The zero-order valence-corrected chi connectivity index (χ0v) is 16.1. The van der Waals surface area contributed by atoms with Gasteiger partial charge in [0.2, 0.25) is 10.0 Å². The van der Waals surface area contributed by atoms with Gasteiger partial charge >= 0.3 is 5.97 Å². The van der Waals surface area contributed by atoms with Gasteiger partial charge in [-0.2, -0.15) is 4.31 Å². The molecule has 3 rings (SSSR count). The lowest BCUT2D eigenvalue weighted by Crippen LogP contribution is -2.40. The molecule has 1 aromatic heterocycles. The van der Waals surface area contributed by atoms with Crippen LogP contribution < -0.4 is 9.47 Å². The van der Waals surface area contributed by atoms with Crippen LogP contribution >= 0.6 is 11.3 Å². The van der Waals surface area contributed by atoms with Crippen LogP contribution in [0, 0.1) is 6.92 Å². The maximum Gasteiger partial charge on any atom is 0.353 e. The van der Waals surface area contributed by atoms with E-state index in [-0.39, 0.29) is 9.77 Å². The molecule has 1 aliphatic heterocycles. The van der Waals surface area contributed by atoms with Crippen LogP contribution in [0.25, 0.3) is 0 Å². The van der Waals surface area contributed by atoms with Crippen LogP contribution in [0.3, 0.4) is 0 Å². The molecule has 7 nitrogen and oxygen atoms in total. The Labute approximate surface area is 156 Å². The molecular formula is C17H19NO6S2. The highest BCUT2D eigenvalue weighted by atomic mass is 32.2. The van der Waals surface area contributed by atoms with E-state index < -0.39 is 16.0 Å². The van der Waals surface area contributed by atoms with Crippen molar-refractivity contribution in [2.45, 2.75) is 11.8 Å². The molecule has 1 fully saturated rings. The molecular weight excluding hydrogens is 378 g/mol. The molecule has 140 valence electrons. The number of hydrogen-bond donors (Lipinski definition) is 0. The average Bonchev–Trinajstić information content (AvgIpc) is 3.06. The zero-order valence-electron chi connectivity index (χ0n) is 14.4. The van der Waals surface area contributed by atoms with E-state index in [0.717, 1.165) is 11.3 Å². The van der Waals surface area contributed by atoms with Crippen LogP contribution in [0.1, 0.15) is 14.5 Å². The fourth-order valence-electron chi connectivity index (χ4n) is 2.55. The van der Waals surface area contributed by atoms with Gasteiger partial charge in [0.15, 0.2) is 0 Å². The lowest BCUT2D eigenvalue weighted by atomic mass is 10.3. The van der Waals surface area contributed by atoms with Crippen molar-refractivity contribution >= 4 is 27.3 Å². The standard InChI is InChI=1S/C17H19NO6S2/c1-12-16(26(20,21)18-7-9-23-10-8-18)11-15(25-12)17(19)24-14-5-3-13(22-2)4-6-14/h3-6,11H,7-10H2,1-2H3. The molecule has 0 aliphatic carbocycles. The van der Waals surface area contributed by atoms with E-state index in [1.54, 1.807) is 38.3 Å². The van der Waals surface area contributed by atoms with E-state index in [1.165, 1.54) is 10.4 Å². The SMILES string of the molecule is COc1ccc(OC(=O)c2cc(S(=O)(=O)N3CCOCC3)c(C)s2)cc1. The number of carbonyl (C=O) groups excluding carboxylic acids is 1. The Morgan fingerprint density at radius 1 is 1.15 bits per heavy atom. The molecule has 0 N–H and O–H groups in total. The van der Waals surface area contributed by atoms with E-state index in [9.17, 15) is 13.2 Å². The number of benzene rings is 1. The zero-order chi connectivity index (χ0) is 18.7. The summed E-state index contributed by atoms with van der Waals surface area (Å²) in [6, 6.07) is 7.97. The van der Waals surface area contributed by atoms with Crippen LogP contribution in [0.15, 0.2) is 35.2 Å². The Hall–Kier alpha value is -1.94. The highest BCUT2D eigenvalue weighted by Gasteiger charge is 2.30. The molecule has 1 saturated heterocycles. The third kappa shape index (κ3) is 3.90. The van der Waals surface area contributed by atoms with Gasteiger partial charge < -0.3 is 14.2 Å². The molecule has 0 unspecified atom stereocenters. The molecule has 0 bridgehead atoms. The lowest BCUT2D eigenvalue weighted by molar-refractivity contribution is 0.0729. The number of morpholine rings is 1. The summed E-state index contributed by atoms with van der Waals surface area (Å²) in [6.07, 6.45) is 0. The molecule has 0 saturated carbocycles. The quantitative estimate of drug-likeness (QED) is 0.569. The number of hydrogen-bond acceptors (Lipinski definition) is 7. The molecule has 2 heterocycles. The van der Waals surface area contributed by atoms with E-state index in [2.05, 4.69) is 0 Å². The number of methoxy groups -OCH3 is 1. The van der Waals surface area contributed by atoms with Gasteiger partial charge in [-0.05, 0) is 37.3 Å². The smallest absolute Gasteiger partial charge is 0.353 e. The van der Waals surface area contributed by atoms with Crippen LogP contribution in [-0.4, -0.2) is 52.1 Å². The van der Waals surface area contributed by atoms with E-state index in [4.69, 9.17) is 14.2 Å². The molecule has 0 amide bonds. The lowest BCUT2D eigenvalue weighted by Gasteiger charge is -2.25. The fourth-order valence-corrected chi connectivity index (χ4v) is 5.39. The first-order chi connectivity index (χ1) is 12.4. The van der Waals surface area contributed by atoms with Crippen LogP contribution in [0.4, 0.5) is 0 Å². The fraction of sp³-hybridized carbons (Fsp3) is 0.353. The molecule has 1 aromatic carbocycles. The topological polar surface area (TPSA) is 82.1 Å². The van der Waals surface area contributed by atoms with Gasteiger partial charge in [0, 0.05) is 18.0 Å². The summed E-state index contributed by atoms with van der Waals surface area (Å²) in [5, 5.41) is 0. The Balaban J connectivity index is 1.79. The third-order valence-electron chi connectivity index (χ3n) is 3.93. The molecule has 0 atom stereocenters. The van der Waals surface area contributed by atoms with Gasteiger partial charge in [0.05, 0.1) is 25.2 Å². The number of thiophene rings is 1. The van der Waals surface area contributed by atoms with Gasteiger partial charge in [-0.15, -0.1) is 11.3 Å². The summed E-state index contributed by atoms with van der Waals surface area (Å²) < 4.78 is 42.5. The first kappa shape index (κ1) is 18.8. The summed E-state index contributed by atoms with van der Waals surface area (Å²) in [6.45, 7) is 3.04. The van der Waals surface area contributed by atoms with Crippen LogP contribution in [-0.2, 0) is 14.8 Å². The number of carbonyl (C=O) groups is 1. The Bertz CT molecular complexity index is 882. The van der Waals surface area contributed by atoms with E-state index >= 15 is 0 Å². The number of sulfonamides is 1. The second kappa shape index (κ2) is 7.75. The van der Waals surface area contributed by atoms with Crippen LogP contribution in [0.2, 0.25) is 0 Å². The largest absolute Gasteiger partial charge is 0.497 e. The monoisotopic (exact) mass is 397 g/mol. The van der Waals surface area contributed by atoms with Gasteiger partial charge in [-0.3, -0.25) is 0 Å². The normalized spacial score (nSPS) is 15.6. The number of aryl methyl sites for hydroxylation is 1. The van der Waals surface area contributed by atoms with Gasteiger partial charge in [-0.1, -0.05) is 0 Å². The van der Waals surface area contributed by atoms with E-state index in [1.807, 2.05) is 0 Å². The summed E-state index contributed by atoms with van der Waals surface area (Å²) in [7, 11) is -2.10. The van der Waals surface area contributed by atoms with Crippen LogP contribution in [0.5, 0.6) is 11.5 Å². The van der Waals surface area contributed by atoms with Crippen molar-refractivity contribution in [3.63, 3.8) is 0 Å². The second-order valence-electron chi connectivity index (χ2n) is 5.61. The molecule has 0 spiro atoms. The predicted octanol–water partition coefficient (Wildman–Crippen LogP) is 2.31. The first-order valence-electron chi connectivity index (χ1n) is 7.96. The van der Waals surface area contributed by atoms with Gasteiger partial charge in [0.1, 0.15) is 16.4 Å². The van der Waals surface area contributed by atoms with Crippen molar-refractivity contribution in [1.29, 1.82) is 0 Å². The molecule has 9 heteroatoms. The summed E-state index contributed by atoms with van der Waals surface area (Å²) >= 11 is 1.10. The number of ether oxygens (including phenoxy) is 3. The molecule has 0 radical (unpaired) electrons. The predicted molar refractivity (Wildman–Crippen MR) is 96.6 cm³/mol. The minimum Gasteiger partial charge on any atom is -0.497 e. The van der Waals surface area contributed by atoms with Crippen molar-refractivity contribution in [3.8, 4) is 11.5 Å². The summed E-state index contributed by atoms with van der Waals surface area (Å²) in [4.78, 5) is 13.3. The first-order valence-corrected chi connectivity index (χ1v) is 10.2. The van der Waals surface area contributed by atoms with E-state index in [0.29, 0.717) is 42.7 Å². The van der Waals surface area contributed by atoms with Crippen molar-refractivity contribution in [3.05, 3.63) is 40.1 Å². The maximum absolute atomic E-state index is 12.8. The minimum absolute atomic E-state index is 0.145. The highest BCUT2D eigenvalue weighted by molar-refractivity contribution is 7.89. The summed E-state index contributed by atoms with van der Waals surface area (Å²) in [5.74, 6) is 0.418. The highest BCUT2D eigenvalue weighted by Crippen LogP contribution is 2.29. The van der Waals surface area contributed by atoms with Gasteiger partial charge in [-0.25, -0.2) is 13.2 Å². The number of nitrogens with zero attached hydrogens (tertiary/aromatic N) is 1. The third-order valence-corrected chi connectivity index (χ3v) is 7.12. The van der Waals surface area contributed by atoms with Crippen molar-refractivity contribution in [2.24, 2.45) is 0 Å². The van der Waals surface area contributed by atoms with Crippen molar-refractivity contribution < 1.29 is 27.4 Å². The maximum atomic E-state index is 12.8. The van der Waals surface area contributed by atoms with Crippen molar-refractivity contribution in [2.75, 3.05) is 33.4 Å². The Morgan fingerprint density at radius 3 is 2.38 bits per heavy atom. The average molecular weight is 397 g/mol. The van der Waals surface area contributed by atoms with Crippen molar-refractivity contribution in [1.82, 2.24) is 4.31 Å². The molecule has 1 aliphatic rings. The Morgan fingerprint density at radius 2 is 1.77 bits per heavy atom. The minimum atomic E-state index is -3.65. The Kier molecular flexibility index (Phi) is 5.61. The molecule has 2 aromatic rings. The number of rotatable bonds is 5. The molecule has 26 heavy (non-hydrogen) atoms. The second-order valence-corrected chi connectivity index (χ2v) is 8.78. The van der Waals surface area contributed by atoms with Gasteiger partial charge in [0.25, 0.3) is 0 Å². The number of esters is 1. The summed E-state index contributed by atoms with van der Waals surface area (Å²) in [5.41, 5.74) is 0.